The molecule has 1 fully saturated rings. The van der Waals surface area contributed by atoms with E-state index in [1.165, 1.54) is 5.56 Å². The molecule has 0 radical (unpaired) electrons. The molecule has 3 heteroatoms. The minimum atomic E-state index is 0.403. The highest BCUT2D eigenvalue weighted by Gasteiger charge is 2.30. The minimum absolute atomic E-state index is 0.403. The highest BCUT2D eigenvalue weighted by molar-refractivity contribution is 9.10. The number of benzene rings is 1. The van der Waals surface area contributed by atoms with Crippen LogP contribution in [0.3, 0.4) is 0 Å². The summed E-state index contributed by atoms with van der Waals surface area (Å²) >= 11 is 3.51. The third kappa shape index (κ3) is 3.54. The predicted octanol–water partition coefficient (Wildman–Crippen LogP) is 3.67. The summed E-state index contributed by atoms with van der Waals surface area (Å²) < 4.78 is 6.71. The lowest BCUT2D eigenvalue weighted by atomic mass is 9.88. The maximum atomic E-state index is 5.57. The minimum Gasteiger partial charge on any atom is -0.378 e. The van der Waals surface area contributed by atoms with Crippen LogP contribution < -0.4 is 5.32 Å². The van der Waals surface area contributed by atoms with Crippen LogP contribution in [0.2, 0.25) is 0 Å². The van der Waals surface area contributed by atoms with E-state index in [4.69, 9.17) is 4.74 Å². The van der Waals surface area contributed by atoms with Gasteiger partial charge in [0, 0.05) is 23.2 Å². The molecular weight excluding hydrogens is 278 g/mol. The summed E-state index contributed by atoms with van der Waals surface area (Å²) in [6.07, 6.45) is 2.77. The molecule has 1 aliphatic rings. The van der Waals surface area contributed by atoms with Crippen LogP contribution >= 0.6 is 15.9 Å². The molecule has 0 bridgehead atoms. The Kier molecular flexibility index (Phi) is 4.60. The molecule has 1 aliphatic carbocycles. The van der Waals surface area contributed by atoms with E-state index in [0.29, 0.717) is 18.2 Å². The lowest BCUT2D eigenvalue weighted by molar-refractivity contribution is -0.0120. The topological polar surface area (TPSA) is 21.3 Å². The molecule has 0 spiro atoms. The van der Waals surface area contributed by atoms with Gasteiger partial charge >= 0.3 is 0 Å². The summed E-state index contributed by atoms with van der Waals surface area (Å²) in [5, 5.41) is 3.65. The van der Waals surface area contributed by atoms with Crippen molar-refractivity contribution in [2.45, 2.75) is 44.9 Å². The Hall–Kier alpha value is -0.380. The molecule has 1 aromatic carbocycles. The molecular formula is C14H20BrNO. The van der Waals surface area contributed by atoms with Gasteiger partial charge in [0.1, 0.15) is 0 Å². The van der Waals surface area contributed by atoms with Crippen LogP contribution in [0.1, 0.15) is 38.3 Å². The Labute approximate surface area is 112 Å². The molecule has 0 heterocycles. The van der Waals surface area contributed by atoms with Crippen LogP contribution in [0.5, 0.6) is 0 Å². The van der Waals surface area contributed by atoms with Crippen molar-refractivity contribution < 1.29 is 4.74 Å². The Bertz CT molecular complexity index is 363. The fourth-order valence-electron chi connectivity index (χ4n) is 2.30. The molecule has 1 aromatic rings. The fraction of sp³-hybridized carbons (Fsp3) is 0.571. The number of halogens is 1. The van der Waals surface area contributed by atoms with Gasteiger partial charge in [0.2, 0.25) is 0 Å². The van der Waals surface area contributed by atoms with E-state index < -0.39 is 0 Å². The second-order valence-corrected chi connectivity index (χ2v) is 5.60. The third-order valence-corrected chi connectivity index (χ3v) is 3.82. The summed E-state index contributed by atoms with van der Waals surface area (Å²) in [5.74, 6) is 0. The van der Waals surface area contributed by atoms with Crippen LogP contribution in [0.4, 0.5) is 0 Å². The molecule has 2 nitrogen and oxygen atoms in total. The first-order chi connectivity index (χ1) is 8.19. The zero-order valence-corrected chi connectivity index (χ0v) is 12.0. The molecule has 94 valence electrons. The van der Waals surface area contributed by atoms with Crippen LogP contribution in [0.15, 0.2) is 28.7 Å². The molecule has 1 atom stereocenters. The van der Waals surface area contributed by atoms with Crippen molar-refractivity contribution in [3.05, 3.63) is 34.3 Å². The number of ether oxygens (including phenoxy) is 1. The normalized spacial score (nSPS) is 25.4. The van der Waals surface area contributed by atoms with Crippen molar-refractivity contribution in [2.24, 2.45) is 0 Å². The lowest BCUT2D eigenvalue weighted by Gasteiger charge is -2.37. The monoisotopic (exact) mass is 297 g/mol. The maximum Gasteiger partial charge on any atom is 0.0604 e. The molecule has 0 amide bonds. The van der Waals surface area contributed by atoms with Gasteiger partial charge in [0.15, 0.2) is 0 Å². The summed E-state index contributed by atoms with van der Waals surface area (Å²) in [6, 6.07) is 9.50. The molecule has 17 heavy (non-hydrogen) atoms. The van der Waals surface area contributed by atoms with Gasteiger partial charge in [-0.15, -0.1) is 0 Å². The molecule has 0 aromatic heterocycles. The summed E-state index contributed by atoms with van der Waals surface area (Å²) in [7, 11) is 0. The molecule has 1 saturated carbocycles. The van der Waals surface area contributed by atoms with Gasteiger partial charge in [-0.05, 0) is 44.4 Å². The number of rotatable bonds is 5. The SMILES string of the molecule is CCOC1CC(NC(C)c2cccc(Br)c2)C1. The Morgan fingerprint density at radius 3 is 2.88 bits per heavy atom. The van der Waals surface area contributed by atoms with Crippen LogP contribution in [-0.2, 0) is 4.74 Å². The summed E-state index contributed by atoms with van der Waals surface area (Å²) in [5.41, 5.74) is 1.33. The summed E-state index contributed by atoms with van der Waals surface area (Å²) in [6.45, 7) is 5.11. The first-order valence-corrected chi connectivity index (χ1v) is 7.11. The highest BCUT2D eigenvalue weighted by atomic mass is 79.9. The average molecular weight is 298 g/mol. The Balaban J connectivity index is 1.80. The van der Waals surface area contributed by atoms with E-state index in [2.05, 4.69) is 59.4 Å². The Morgan fingerprint density at radius 2 is 2.24 bits per heavy atom. The van der Waals surface area contributed by atoms with Crippen molar-refractivity contribution in [2.75, 3.05) is 6.61 Å². The molecule has 2 rings (SSSR count). The van der Waals surface area contributed by atoms with Crippen molar-refractivity contribution in [3.63, 3.8) is 0 Å². The predicted molar refractivity (Wildman–Crippen MR) is 74.1 cm³/mol. The van der Waals surface area contributed by atoms with Crippen LogP contribution in [0, 0.1) is 0 Å². The van der Waals surface area contributed by atoms with E-state index in [9.17, 15) is 0 Å². The molecule has 0 saturated heterocycles. The average Bonchev–Trinajstić information content (AvgIpc) is 2.26. The van der Waals surface area contributed by atoms with Crippen molar-refractivity contribution in [1.82, 2.24) is 5.32 Å². The van der Waals surface area contributed by atoms with E-state index >= 15 is 0 Å². The van der Waals surface area contributed by atoms with E-state index in [0.717, 1.165) is 23.9 Å². The van der Waals surface area contributed by atoms with Gasteiger partial charge < -0.3 is 10.1 Å². The van der Waals surface area contributed by atoms with Gasteiger partial charge in [0.25, 0.3) is 0 Å². The number of hydrogen-bond donors (Lipinski definition) is 1. The largest absolute Gasteiger partial charge is 0.378 e. The van der Waals surface area contributed by atoms with Gasteiger partial charge in [0.05, 0.1) is 6.10 Å². The smallest absolute Gasteiger partial charge is 0.0604 e. The van der Waals surface area contributed by atoms with E-state index in [1.54, 1.807) is 0 Å². The first-order valence-electron chi connectivity index (χ1n) is 6.32. The lowest BCUT2D eigenvalue weighted by Crippen LogP contribution is -2.46. The number of hydrogen-bond acceptors (Lipinski definition) is 2. The molecule has 0 aliphatic heterocycles. The van der Waals surface area contributed by atoms with Gasteiger partial charge in [-0.3, -0.25) is 0 Å². The standard InChI is InChI=1S/C14H20BrNO/c1-3-17-14-8-13(9-14)16-10(2)11-5-4-6-12(15)7-11/h4-7,10,13-14,16H,3,8-9H2,1-2H3. The van der Waals surface area contributed by atoms with E-state index in [-0.39, 0.29) is 0 Å². The fourth-order valence-corrected chi connectivity index (χ4v) is 2.72. The second-order valence-electron chi connectivity index (χ2n) is 4.69. The van der Waals surface area contributed by atoms with Crippen molar-refractivity contribution in [3.8, 4) is 0 Å². The van der Waals surface area contributed by atoms with Crippen molar-refractivity contribution in [1.29, 1.82) is 0 Å². The van der Waals surface area contributed by atoms with E-state index in [1.807, 2.05) is 0 Å². The maximum absolute atomic E-state index is 5.57. The van der Waals surface area contributed by atoms with Gasteiger partial charge in [-0.25, -0.2) is 0 Å². The zero-order valence-electron chi connectivity index (χ0n) is 10.4. The zero-order chi connectivity index (χ0) is 12.3. The van der Waals surface area contributed by atoms with Crippen LogP contribution in [0.25, 0.3) is 0 Å². The van der Waals surface area contributed by atoms with Gasteiger partial charge in [-0.2, -0.15) is 0 Å². The highest BCUT2D eigenvalue weighted by Crippen LogP contribution is 2.26. The molecule has 1 N–H and O–H groups in total. The molecule has 1 unspecified atom stereocenters. The first kappa shape index (κ1) is 13.1. The quantitative estimate of drug-likeness (QED) is 0.895. The second kappa shape index (κ2) is 5.98. The third-order valence-electron chi connectivity index (χ3n) is 3.33. The van der Waals surface area contributed by atoms with Gasteiger partial charge in [-0.1, -0.05) is 28.1 Å². The Morgan fingerprint density at radius 1 is 1.47 bits per heavy atom. The van der Waals surface area contributed by atoms with Crippen molar-refractivity contribution >= 4 is 15.9 Å². The van der Waals surface area contributed by atoms with Crippen LogP contribution in [-0.4, -0.2) is 18.8 Å². The number of nitrogens with one attached hydrogen (secondary N) is 1. The summed E-state index contributed by atoms with van der Waals surface area (Å²) in [4.78, 5) is 0.